The number of nitrogens with zero attached hydrogens (tertiary/aromatic N) is 2. The quantitative estimate of drug-likeness (QED) is 0.865. The molecule has 6 nitrogen and oxygen atoms in total. The first-order valence-corrected chi connectivity index (χ1v) is 5.61. The van der Waals surface area contributed by atoms with Crippen molar-refractivity contribution in [1.29, 1.82) is 0 Å². The van der Waals surface area contributed by atoms with Crippen LogP contribution >= 0.6 is 0 Å². The van der Waals surface area contributed by atoms with Crippen LogP contribution in [0.25, 0.3) is 0 Å². The molecule has 2 amide bonds. The molecule has 1 N–H and O–H groups in total. The molecule has 6 heteroatoms. The number of hydrogen-bond acceptors (Lipinski definition) is 4. The number of rotatable bonds is 5. The van der Waals surface area contributed by atoms with E-state index in [9.17, 15) is 4.79 Å². The maximum absolute atomic E-state index is 11.9. The lowest BCUT2D eigenvalue weighted by molar-refractivity contribution is 0.128. The first-order chi connectivity index (χ1) is 8.58. The van der Waals surface area contributed by atoms with Crippen LogP contribution in [0.1, 0.15) is 6.92 Å². The van der Waals surface area contributed by atoms with Gasteiger partial charge in [0.15, 0.2) is 0 Å². The highest BCUT2D eigenvalue weighted by atomic mass is 16.5. The van der Waals surface area contributed by atoms with Crippen molar-refractivity contribution in [3.63, 3.8) is 0 Å². The van der Waals surface area contributed by atoms with Crippen molar-refractivity contribution < 1.29 is 14.3 Å². The predicted molar refractivity (Wildman–Crippen MR) is 68.9 cm³/mol. The first-order valence-electron chi connectivity index (χ1n) is 5.61. The monoisotopic (exact) mass is 253 g/mol. The van der Waals surface area contributed by atoms with Gasteiger partial charge in [0, 0.05) is 20.2 Å². The van der Waals surface area contributed by atoms with Gasteiger partial charge in [0.25, 0.3) is 0 Å². The molecule has 1 aromatic rings. The number of pyridine rings is 1. The Hall–Kier alpha value is -1.82. The van der Waals surface area contributed by atoms with Crippen LogP contribution in [-0.4, -0.2) is 49.8 Å². The molecule has 0 unspecified atom stereocenters. The average molecular weight is 253 g/mol. The highest BCUT2D eigenvalue weighted by Crippen LogP contribution is 2.11. The summed E-state index contributed by atoms with van der Waals surface area (Å²) >= 11 is 0. The summed E-state index contributed by atoms with van der Waals surface area (Å²) in [5.41, 5.74) is 0.622. The number of carbonyl (C=O) groups is 1. The number of carbonyl (C=O) groups excluding carboxylic acids is 1. The number of likely N-dealkylation sites (N-methyl/N-ethyl adjacent to an activating group) is 1. The fourth-order valence-electron chi connectivity index (χ4n) is 1.34. The molecule has 1 atom stereocenters. The van der Waals surface area contributed by atoms with E-state index < -0.39 is 0 Å². The van der Waals surface area contributed by atoms with Crippen LogP contribution in [0.4, 0.5) is 10.5 Å². The Morgan fingerprint density at radius 2 is 2.22 bits per heavy atom. The number of nitrogens with one attached hydrogen (secondary N) is 1. The summed E-state index contributed by atoms with van der Waals surface area (Å²) in [5.74, 6) is 0.508. The molecule has 0 bridgehead atoms. The number of anilines is 1. The summed E-state index contributed by atoms with van der Waals surface area (Å²) in [6.45, 7) is 2.40. The topological polar surface area (TPSA) is 63.7 Å². The third-order valence-corrected chi connectivity index (χ3v) is 2.59. The zero-order valence-corrected chi connectivity index (χ0v) is 11.1. The zero-order chi connectivity index (χ0) is 13.5. The van der Waals surface area contributed by atoms with Crippen LogP contribution in [0.5, 0.6) is 5.88 Å². The third-order valence-electron chi connectivity index (χ3n) is 2.59. The molecule has 100 valence electrons. The van der Waals surface area contributed by atoms with Gasteiger partial charge in [0.2, 0.25) is 5.88 Å². The van der Waals surface area contributed by atoms with Crippen LogP contribution in [0.3, 0.4) is 0 Å². The molecule has 0 aliphatic rings. The summed E-state index contributed by atoms with van der Waals surface area (Å²) < 4.78 is 9.95. The second-order valence-corrected chi connectivity index (χ2v) is 3.93. The number of urea groups is 1. The third kappa shape index (κ3) is 3.89. The average Bonchev–Trinajstić information content (AvgIpc) is 2.39. The van der Waals surface area contributed by atoms with E-state index in [1.54, 1.807) is 44.5 Å². The molecule has 0 aliphatic heterocycles. The minimum atomic E-state index is -0.202. The van der Waals surface area contributed by atoms with E-state index in [1.165, 1.54) is 0 Å². The van der Waals surface area contributed by atoms with E-state index >= 15 is 0 Å². The molecule has 0 radical (unpaired) electrons. The lowest BCUT2D eigenvalue weighted by atomic mass is 10.3. The zero-order valence-electron chi connectivity index (χ0n) is 11.1. The summed E-state index contributed by atoms with van der Waals surface area (Å²) in [5, 5.41) is 2.75. The van der Waals surface area contributed by atoms with Crippen LogP contribution in [-0.2, 0) is 4.74 Å². The van der Waals surface area contributed by atoms with Crippen molar-refractivity contribution in [1.82, 2.24) is 9.88 Å². The minimum Gasteiger partial charge on any atom is -0.481 e. The Morgan fingerprint density at radius 3 is 2.72 bits per heavy atom. The van der Waals surface area contributed by atoms with Gasteiger partial charge in [0.05, 0.1) is 31.6 Å². The summed E-state index contributed by atoms with van der Waals surface area (Å²) in [6.07, 6.45) is 1.55. The number of aromatic nitrogens is 1. The molecule has 1 heterocycles. The highest BCUT2D eigenvalue weighted by molar-refractivity contribution is 5.89. The van der Waals surface area contributed by atoms with Gasteiger partial charge in [-0.05, 0) is 13.0 Å². The largest absolute Gasteiger partial charge is 0.481 e. The molecule has 18 heavy (non-hydrogen) atoms. The van der Waals surface area contributed by atoms with E-state index in [-0.39, 0.29) is 12.1 Å². The predicted octanol–water partition coefficient (Wildman–Crippen LogP) is 1.59. The van der Waals surface area contributed by atoms with Gasteiger partial charge in [-0.2, -0.15) is 0 Å². The fourth-order valence-corrected chi connectivity index (χ4v) is 1.34. The van der Waals surface area contributed by atoms with E-state index in [0.717, 1.165) is 0 Å². The lowest BCUT2D eigenvalue weighted by Gasteiger charge is -2.24. The highest BCUT2D eigenvalue weighted by Gasteiger charge is 2.15. The number of amides is 2. The van der Waals surface area contributed by atoms with Gasteiger partial charge in [-0.15, -0.1) is 0 Å². The van der Waals surface area contributed by atoms with Gasteiger partial charge < -0.3 is 19.7 Å². The second kappa shape index (κ2) is 6.80. The molecule has 0 spiro atoms. The van der Waals surface area contributed by atoms with Gasteiger partial charge in [0.1, 0.15) is 0 Å². The Bertz CT molecular complexity index is 381. The van der Waals surface area contributed by atoms with Gasteiger partial charge in [-0.1, -0.05) is 0 Å². The maximum atomic E-state index is 11.9. The Labute approximate surface area is 107 Å². The van der Waals surface area contributed by atoms with Crippen molar-refractivity contribution in [2.45, 2.75) is 13.0 Å². The molecular formula is C12H19N3O3. The number of methoxy groups -OCH3 is 2. The van der Waals surface area contributed by atoms with E-state index in [1.807, 2.05) is 6.92 Å². The van der Waals surface area contributed by atoms with Crippen LogP contribution in [0, 0.1) is 0 Å². The van der Waals surface area contributed by atoms with Gasteiger partial charge in [-0.25, -0.2) is 9.78 Å². The SMILES string of the molecule is COC[C@@H](C)N(C)C(=O)Nc1ccc(OC)nc1. The molecule has 0 saturated heterocycles. The summed E-state index contributed by atoms with van der Waals surface area (Å²) in [6, 6.07) is 3.22. The van der Waals surface area contributed by atoms with Crippen LogP contribution in [0.2, 0.25) is 0 Å². The Kier molecular flexibility index (Phi) is 5.38. The van der Waals surface area contributed by atoms with E-state index in [2.05, 4.69) is 10.3 Å². The number of hydrogen-bond donors (Lipinski definition) is 1. The second-order valence-electron chi connectivity index (χ2n) is 3.93. The van der Waals surface area contributed by atoms with Crippen molar-refractivity contribution in [3.8, 4) is 5.88 Å². The smallest absolute Gasteiger partial charge is 0.321 e. The van der Waals surface area contributed by atoms with Crippen LogP contribution in [0.15, 0.2) is 18.3 Å². The van der Waals surface area contributed by atoms with E-state index in [0.29, 0.717) is 18.2 Å². The van der Waals surface area contributed by atoms with Crippen molar-refractivity contribution >= 4 is 11.7 Å². The number of ether oxygens (including phenoxy) is 2. The molecule has 1 rings (SSSR count). The molecule has 0 aliphatic carbocycles. The minimum absolute atomic E-state index is 0.00112. The standard InChI is InChI=1S/C12H19N3O3/c1-9(8-17-3)15(2)12(16)14-10-5-6-11(18-4)13-7-10/h5-7,9H,8H2,1-4H3,(H,14,16)/t9-/m1/s1. The summed E-state index contributed by atoms with van der Waals surface area (Å²) in [4.78, 5) is 17.5. The molecule has 0 fully saturated rings. The fraction of sp³-hybridized carbons (Fsp3) is 0.500. The van der Waals surface area contributed by atoms with E-state index in [4.69, 9.17) is 9.47 Å². The van der Waals surface area contributed by atoms with Crippen molar-refractivity contribution in [2.75, 3.05) is 33.2 Å². The molecule has 0 saturated carbocycles. The van der Waals surface area contributed by atoms with Crippen molar-refractivity contribution in [2.24, 2.45) is 0 Å². The molecule has 0 aromatic carbocycles. The Morgan fingerprint density at radius 1 is 1.50 bits per heavy atom. The molecule has 1 aromatic heterocycles. The van der Waals surface area contributed by atoms with Crippen molar-refractivity contribution in [3.05, 3.63) is 18.3 Å². The van der Waals surface area contributed by atoms with Gasteiger partial charge >= 0.3 is 6.03 Å². The lowest BCUT2D eigenvalue weighted by Crippen LogP contribution is -2.40. The first kappa shape index (κ1) is 14.2. The van der Waals surface area contributed by atoms with Crippen LogP contribution < -0.4 is 10.1 Å². The van der Waals surface area contributed by atoms with Gasteiger partial charge in [-0.3, -0.25) is 0 Å². The molecular weight excluding hydrogens is 234 g/mol. The summed E-state index contributed by atoms with van der Waals surface area (Å²) in [7, 11) is 4.87. The Balaban J connectivity index is 2.57. The normalized spacial score (nSPS) is 11.8. The maximum Gasteiger partial charge on any atom is 0.321 e.